The summed E-state index contributed by atoms with van der Waals surface area (Å²) in [7, 11) is 0. The molecule has 0 aliphatic rings. The van der Waals surface area contributed by atoms with Gasteiger partial charge in [0.1, 0.15) is 11.2 Å². The van der Waals surface area contributed by atoms with E-state index in [2.05, 4.69) is 180 Å². The van der Waals surface area contributed by atoms with Crippen molar-refractivity contribution in [2.75, 3.05) is 0 Å². The van der Waals surface area contributed by atoms with Crippen LogP contribution in [0.5, 0.6) is 0 Å². The highest BCUT2D eigenvalue weighted by atomic mass is 32.1. The molecule has 0 bridgehead atoms. The van der Waals surface area contributed by atoms with Crippen LogP contribution in [0, 0.1) is 0 Å². The Kier molecular flexibility index (Phi) is 6.79. The minimum atomic E-state index is 0.913. The first kappa shape index (κ1) is 32.1. The van der Waals surface area contributed by atoms with Crippen LogP contribution >= 0.6 is 22.7 Å². The molecule has 0 amide bonds. The van der Waals surface area contributed by atoms with Gasteiger partial charge < -0.3 is 8.98 Å². The molecule has 0 radical (unpaired) electrons. The van der Waals surface area contributed by atoms with E-state index in [0.717, 1.165) is 27.6 Å². The molecule has 2 nitrogen and oxygen atoms in total. The van der Waals surface area contributed by atoms with Crippen molar-refractivity contribution >= 4 is 107 Å². The second-order valence-corrected chi connectivity index (χ2v) is 17.4. The first-order valence-electron chi connectivity index (χ1n) is 19.6. The van der Waals surface area contributed by atoms with E-state index in [0.29, 0.717) is 0 Å². The zero-order valence-electron chi connectivity index (χ0n) is 31.1. The fraction of sp³-hybridized carbons (Fsp3) is 0. The molecule has 4 aromatic heterocycles. The Morgan fingerprint density at radius 1 is 0.293 bits per heavy atom. The topological polar surface area (TPSA) is 18.1 Å². The Morgan fingerprint density at radius 3 is 1.45 bits per heavy atom. The van der Waals surface area contributed by atoms with Gasteiger partial charge in [0, 0.05) is 67.6 Å². The van der Waals surface area contributed by atoms with Crippen molar-refractivity contribution in [2.45, 2.75) is 0 Å². The molecule has 9 aromatic carbocycles. The van der Waals surface area contributed by atoms with Crippen LogP contribution in [0.4, 0.5) is 0 Å². The summed E-state index contributed by atoms with van der Waals surface area (Å²) in [4.78, 5) is 0. The smallest absolute Gasteiger partial charge is 0.135 e. The summed E-state index contributed by atoms with van der Waals surface area (Å²) in [5, 5.41) is 9.99. The third-order valence-electron chi connectivity index (χ3n) is 12.0. The van der Waals surface area contributed by atoms with Gasteiger partial charge in [0.2, 0.25) is 0 Å². The number of para-hydroxylation sites is 2. The summed E-state index contributed by atoms with van der Waals surface area (Å²) in [6.07, 6.45) is 0. The lowest BCUT2D eigenvalue weighted by molar-refractivity contribution is 0.669. The maximum absolute atomic E-state index is 6.18. The fourth-order valence-electron chi connectivity index (χ4n) is 9.22. The molecule has 0 atom stereocenters. The molecule has 58 heavy (non-hydrogen) atoms. The van der Waals surface area contributed by atoms with Gasteiger partial charge in [0.25, 0.3) is 0 Å². The zero-order chi connectivity index (χ0) is 37.9. The highest BCUT2D eigenvalue weighted by Crippen LogP contribution is 2.42. The van der Waals surface area contributed by atoms with Crippen molar-refractivity contribution in [1.82, 2.24) is 4.57 Å². The van der Waals surface area contributed by atoms with Crippen LogP contribution < -0.4 is 0 Å². The number of furan rings is 1. The van der Waals surface area contributed by atoms with Crippen LogP contribution in [-0.2, 0) is 0 Å². The molecular weight excluding hydrogens is 743 g/mol. The van der Waals surface area contributed by atoms with Crippen LogP contribution in [0.15, 0.2) is 192 Å². The van der Waals surface area contributed by atoms with Gasteiger partial charge in [0.05, 0.1) is 11.0 Å². The van der Waals surface area contributed by atoms with Crippen LogP contribution in [0.2, 0.25) is 0 Å². The highest BCUT2D eigenvalue weighted by Gasteiger charge is 2.18. The first-order chi connectivity index (χ1) is 28.7. The van der Waals surface area contributed by atoms with Gasteiger partial charge in [-0.05, 0) is 124 Å². The molecule has 0 aliphatic carbocycles. The molecule has 0 saturated carbocycles. The second-order valence-electron chi connectivity index (χ2n) is 15.3. The van der Waals surface area contributed by atoms with E-state index in [1.165, 1.54) is 95.5 Å². The number of rotatable bonds is 4. The normalized spacial score (nSPS) is 12.1. The molecule has 4 heteroatoms. The van der Waals surface area contributed by atoms with Gasteiger partial charge in [-0.2, -0.15) is 0 Å². The molecule has 13 aromatic rings. The van der Waals surface area contributed by atoms with E-state index in [1.807, 2.05) is 34.8 Å². The van der Waals surface area contributed by atoms with Crippen LogP contribution in [0.3, 0.4) is 0 Å². The average molecular weight is 774 g/mol. The summed E-state index contributed by atoms with van der Waals surface area (Å²) < 4.78 is 13.9. The third kappa shape index (κ3) is 4.83. The fourth-order valence-corrected chi connectivity index (χ4v) is 11.4. The predicted octanol–water partition coefficient (Wildman–Crippen LogP) is 16.4. The summed E-state index contributed by atoms with van der Waals surface area (Å²) in [5.74, 6) is 0. The van der Waals surface area contributed by atoms with E-state index in [9.17, 15) is 0 Å². The Labute approximate surface area is 341 Å². The van der Waals surface area contributed by atoms with Crippen molar-refractivity contribution in [1.29, 1.82) is 0 Å². The molecule has 4 heterocycles. The molecule has 0 saturated heterocycles. The molecular formula is C54H31NOS2. The summed E-state index contributed by atoms with van der Waals surface area (Å²) in [5.41, 5.74) is 12.5. The maximum atomic E-state index is 6.18. The Hall–Kier alpha value is -6.98. The van der Waals surface area contributed by atoms with Crippen LogP contribution in [0.1, 0.15) is 0 Å². The Bertz CT molecular complexity index is 3690. The minimum absolute atomic E-state index is 0.913. The maximum Gasteiger partial charge on any atom is 0.135 e. The summed E-state index contributed by atoms with van der Waals surface area (Å²) in [6, 6.07) is 69.3. The lowest BCUT2D eigenvalue weighted by atomic mass is 9.96. The molecule has 270 valence electrons. The third-order valence-corrected chi connectivity index (χ3v) is 14.3. The molecule has 13 rings (SSSR count). The van der Waals surface area contributed by atoms with Gasteiger partial charge >= 0.3 is 0 Å². The van der Waals surface area contributed by atoms with Crippen molar-refractivity contribution in [3.63, 3.8) is 0 Å². The Balaban J connectivity index is 1.04. The predicted molar refractivity (Wildman–Crippen MR) is 250 cm³/mol. The summed E-state index contributed by atoms with van der Waals surface area (Å²) >= 11 is 3.73. The minimum Gasteiger partial charge on any atom is -0.456 e. The lowest BCUT2D eigenvalue weighted by Crippen LogP contribution is -1.96. The standard InChI is InChI=1S/C54H31NOS2/c1-5-13-47-39(9-1)43-28-32(33-18-22-50-44(29-33)40-10-2-6-14-49(40)56-50)17-21-48(43)55(47)38-26-36(34-19-23-53-45(30-34)41-11-3-7-15-51(41)57-53)25-37(27-38)35-20-24-54-46(31-35)42-12-4-8-16-52(42)58-54/h1-31H. The van der Waals surface area contributed by atoms with Crippen LogP contribution in [0.25, 0.3) is 123 Å². The number of nitrogens with zero attached hydrogens (tertiary/aromatic N) is 1. The van der Waals surface area contributed by atoms with Crippen LogP contribution in [-0.4, -0.2) is 4.57 Å². The SMILES string of the molecule is c1ccc2c(c1)oc1ccc(-c3ccc4c(c3)c3ccccc3n4-c3cc(-c4ccc5sc6ccccc6c5c4)cc(-c4ccc5sc6ccccc6c5c4)c3)cc12. The number of benzene rings is 9. The lowest BCUT2D eigenvalue weighted by Gasteiger charge is -2.14. The molecule has 0 unspecified atom stereocenters. The monoisotopic (exact) mass is 773 g/mol. The number of fused-ring (bicyclic) bond motifs is 12. The molecule has 0 aliphatic heterocycles. The van der Waals surface area contributed by atoms with E-state index in [1.54, 1.807) is 0 Å². The van der Waals surface area contributed by atoms with Crippen molar-refractivity contribution < 1.29 is 4.42 Å². The van der Waals surface area contributed by atoms with Gasteiger partial charge in [-0.3, -0.25) is 0 Å². The number of aromatic nitrogens is 1. The van der Waals surface area contributed by atoms with Gasteiger partial charge in [-0.25, -0.2) is 0 Å². The van der Waals surface area contributed by atoms with Gasteiger partial charge in [-0.15, -0.1) is 22.7 Å². The second kappa shape index (κ2) is 12.3. The molecule has 0 spiro atoms. The van der Waals surface area contributed by atoms with E-state index >= 15 is 0 Å². The number of thiophene rings is 2. The Morgan fingerprint density at radius 2 is 0.759 bits per heavy atom. The number of hydrogen-bond donors (Lipinski definition) is 0. The zero-order valence-corrected chi connectivity index (χ0v) is 32.7. The van der Waals surface area contributed by atoms with Crippen molar-refractivity contribution in [2.24, 2.45) is 0 Å². The first-order valence-corrected chi connectivity index (χ1v) is 21.3. The van der Waals surface area contributed by atoms with Gasteiger partial charge in [0.15, 0.2) is 0 Å². The average Bonchev–Trinajstić information content (AvgIpc) is 4.04. The molecule has 0 fully saturated rings. The largest absolute Gasteiger partial charge is 0.456 e. The van der Waals surface area contributed by atoms with E-state index in [4.69, 9.17) is 4.42 Å². The number of hydrogen-bond acceptors (Lipinski definition) is 3. The van der Waals surface area contributed by atoms with E-state index < -0.39 is 0 Å². The summed E-state index contributed by atoms with van der Waals surface area (Å²) in [6.45, 7) is 0. The highest BCUT2D eigenvalue weighted by molar-refractivity contribution is 7.26. The molecule has 0 N–H and O–H groups in total. The van der Waals surface area contributed by atoms with Crippen molar-refractivity contribution in [3.05, 3.63) is 188 Å². The van der Waals surface area contributed by atoms with Crippen molar-refractivity contribution in [3.8, 4) is 39.1 Å². The van der Waals surface area contributed by atoms with E-state index in [-0.39, 0.29) is 0 Å². The quantitative estimate of drug-likeness (QED) is 0.174. The van der Waals surface area contributed by atoms with Gasteiger partial charge in [-0.1, -0.05) is 97.1 Å².